The SMILES string of the molecule is Cc1nsc(N2CCC(C)(O)C2)n1. The van der Waals surface area contributed by atoms with Gasteiger partial charge in [-0.15, -0.1) is 0 Å². The summed E-state index contributed by atoms with van der Waals surface area (Å²) in [6.07, 6.45) is 0.811. The lowest BCUT2D eigenvalue weighted by atomic mass is 10.1. The Morgan fingerprint density at radius 2 is 2.38 bits per heavy atom. The van der Waals surface area contributed by atoms with Crippen LogP contribution in [0.25, 0.3) is 0 Å². The van der Waals surface area contributed by atoms with Crippen molar-refractivity contribution >= 4 is 16.7 Å². The van der Waals surface area contributed by atoms with Gasteiger partial charge in [-0.1, -0.05) is 0 Å². The van der Waals surface area contributed by atoms with E-state index in [1.807, 2.05) is 13.8 Å². The van der Waals surface area contributed by atoms with Crippen LogP contribution in [0.3, 0.4) is 0 Å². The van der Waals surface area contributed by atoms with Crippen molar-refractivity contribution in [1.29, 1.82) is 0 Å². The second kappa shape index (κ2) is 2.92. The summed E-state index contributed by atoms with van der Waals surface area (Å²) in [7, 11) is 0. The van der Waals surface area contributed by atoms with Crippen LogP contribution in [0, 0.1) is 6.92 Å². The molecule has 0 aromatic carbocycles. The molecule has 1 atom stereocenters. The second-order valence-electron chi connectivity index (χ2n) is 3.79. The van der Waals surface area contributed by atoms with Crippen molar-refractivity contribution in [2.75, 3.05) is 18.0 Å². The van der Waals surface area contributed by atoms with Crippen LogP contribution in [0.15, 0.2) is 0 Å². The maximum absolute atomic E-state index is 9.75. The molecule has 0 spiro atoms. The van der Waals surface area contributed by atoms with Gasteiger partial charge in [0.05, 0.1) is 5.60 Å². The molecule has 0 bridgehead atoms. The molecule has 5 heteroatoms. The van der Waals surface area contributed by atoms with Gasteiger partial charge in [0.2, 0.25) is 5.13 Å². The Bertz CT molecular complexity index is 310. The molecule has 4 nitrogen and oxygen atoms in total. The minimum Gasteiger partial charge on any atom is -0.388 e. The van der Waals surface area contributed by atoms with Crippen LogP contribution in [0.2, 0.25) is 0 Å². The van der Waals surface area contributed by atoms with E-state index in [1.54, 1.807) is 0 Å². The zero-order valence-corrected chi connectivity index (χ0v) is 8.63. The number of aryl methyl sites for hydroxylation is 1. The molecule has 72 valence electrons. The zero-order chi connectivity index (χ0) is 9.47. The average Bonchev–Trinajstić information content (AvgIpc) is 2.56. The molecule has 1 unspecified atom stereocenters. The van der Waals surface area contributed by atoms with Gasteiger partial charge in [0.25, 0.3) is 0 Å². The van der Waals surface area contributed by atoms with Crippen LogP contribution in [0.1, 0.15) is 19.2 Å². The lowest BCUT2D eigenvalue weighted by Crippen LogP contribution is -2.29. The summed E-state index contributed by atoms with van der Waals surface area (Å²) in [5.41, 5.74) is -0.556. The summed E-state index contributed by atoms with van der Waals surface area (Å²) < 4.78 is 4.12. The fourth-order valence-corrected chi connectivity index (χ4v) is 2.22. The Labute approximate surface area is 81.4 Å². The van der Waals surface area contributed by atoms with E-state index in [0.29, 0.717) is 6.54 Å². The summed E-state index contributed by atoms with van der Waals surface area (Å²) in [6.45, 7) is 5.29. The number of aromatic nitrogens is 2. The average molecular weight is 199 g/mol. The number of anilines is 1. The van der Waals surface area contributed by atoms with Gasteiger partial charge in [-0.2, -0.15) is 4.37 Å². The van der Waals surface area contributed by atoms with Crippen molar-refractivity contribution in [3.63, 3.8) is 0 Å². The Kier molecular flexibility index (Phi) is 2.00. The van der Waals surface area contributed by atoms with Gasteiger partial charge in [0.15, 0.2) is 0 Å². The Morgan fingerprint density at radius 3 is 2.85 bits per heavy atom. The molecule has 0 aliphatic carbocycles. The highest BCUT2D eigenvalue weighted by Gasteiger charge is 2.32. The van der Waals surface area contributed by atoms with Crippen LogP contribution >= 0.6 is 11.5 Å². The first-order valence-corrected chi connectivity index (χ1v) is 5.12. The first-order valence-electron chi connectivity index (χ1n) is 4.34. The van der Waals surface area contributed by atoms with Crippen molar-refractivity contribution in [3.8, 4) is 0 Å². The van der Waals surface area contributed by atoms with Crippen molar-refractivity contribution in [1.82, 2.24) is 9.36 Å². The molecule has 0 radical (unpaired) electrons. The van der Waals surface area contributed by atoms with E-state index in [0.717, 1.165) is 23.9 Å². The number of rotatable bonds is 1. The van der Waals surface area contributed by atoms with E-state index >= 15 is 0 Å². The second-order valence-corrected chi connectivity index (χ2v) is 4.52. The highest BCUT2D eigenvalue weighted by molar-refractivity contribution is 7.09. The minimum atomic E-state index is -0.556. The minimum absolute atomic E-state index is 0.556. The summed E-state index contributed by atoms with van der Waals surface area (Å²) in [5.74, 6) is 0.812. The smallest absolute Gasteiger partial charge is 0.205 e. The summed E-state index contributed by atoms with van der Waals surface area (Å²) in [6, 6.07) is 0. The van der Waals surface area contributed by atoms with Gasteiger partial charge in [-0.3, -0.25) is 0 Å². The van der Waals surface area contributed by atoms with E-state index in [1.165, 1.54) is 11.5 Å². The first-order chi connectivity index (χ1) is 6.07. The van der Waals surface area contributed by atoms with E-state index < -0.39 is 5.60 Å². The first kappa shape index (κ1) is 8.90. The highest BCUT2D eigenvalue weighted by atomic mass is 32.1. The molecule has 1 aromatic rings. The van der Waals surface area contributed by atoms with Crippen LogP contribution in [0.4, 0.5) is 5.13 Å². The molecule has 13 heavy (non-hydrogen) atoms. The molecule has 0 saturated carbocycles. The predicted molar refractivity (Wildman–Crippen MR) is 52.1 cm³/mol. The molecule has 1 fully saturated rings. The third-order valence-electron chi connectivity index (χ3n) is 2.24. The molecular formula is C8H13N3OS. The maximum atomic E-state index is 9.75. The van der Waals surface area contributed by atoms with Gasteiger partial charge >= 0.3 is 0 Å². The number of hydrogen-bond donors (Lipinski definition) is 1. The monoisotopic (exact) mass is 199 g/mol. The van der Waals surface area contributed by atoms with Crippen LogP contribution in [0.5, 0.6) is 0 Å². The van der Waals surface area contributed by atoms with Gasteiger partial charge < -0.3 is 10.0 Å². The lowest BCUT2D eigenvalue weighted by Gasteiger charge is -2.17. The molecule has 2 heterocycles. The van der Waals surface area contributed by atoms with E-state index in [4.69, 9.17) is 0 Å². The van der Waals surface area contributed by atoms with Gasteiger partial charge in [-0.25, -0.2) is 4.98 Å². The molecular weight excluding hydrogens is 186 g/mol. The number of nitrogens with zero attached hydrogens (tertiary/aromatic N) is 3. The van der Waals surface area contributed by atoms with Gasteiger partial charge in [0, 0.05) is 24.6 Å². The molecule has 1 aromatic heterocycles. The van der Waals surface area contributed by atoms with E-state index in [-0.39, 0.29) is 0 Å². The Morgan fingerprint density at radius 1 is 1.62 bits per heavy atom. The molecule has 1 aliphatic rings. The number of β-amino-alcohol motifs (C(OH)–C–C–N with tert-alkyl or cyclic N) is 1. The lowest BCUT2D eigenvalue weighted by molar-refractivity contribution is 0.0839. The van der Waals surface area contributed by atoms with Crippen LogP contribution in [-0.2, 0) is 0 Å². The van der Waals surface area contributed by atoms with E-state index in [9.17, 15) is 5.11 Å². The molecule has 1 N–H and O–H groups in total. The molecule has 1 aliphatic heterocycles. The maximum Gasteiger partial charge on any atom is 0.205 e. The topological polar surface area (TPSA) is 49.2 Å². The fraction of sp³-hybridized carbons (Fsp3) is 0.750. The molecule has 0 amide bonds. The van der Waals surface area contributed by atoms with Crippen LogP contribution < -0.4 is 4.90 Å². The van der Waals surface area contributed by atoms with E-state index in [2.05, 4.69) is 14.3 Å². The fourth-order valence-electron chi connectivity index (χ4n) is 1.52. The summed E-state index contributed by atoms with van der Waals surface area (Å²) in [5, 5.41) is 10.7. The third-order valence-corrected chi connectivity index (χ3v) is 3.11. The quantitative estimate of drug-likeness (QED) is 0.727. The Balaban J connectivity index is 2.12. The summed E-state index contributed by atoms with van der Waals surface area (Å²) in [4.78, 5) is 6.37. The van der Waals surface area contributed by atoms with Crippen molar-refractivity contribution < 1.29 is 5.11 Å². The predicted octanol–water partition coefficient (Wildman–Crippen LogP) is 0.808. The van der Waals surface area contributed by atoms with Crippen LogP contribution in [-0.4, -0.2) is 33.2 Å². The summed E-state index contributed by atoms with van der Waals surface area (Å²) >= 11 is 1.40. The normalized spacial score (nSPS) is 28.4. The van der Waals surface area contributed by atoms with Gasteiger partial charge in [0.1, 0.15) is 5.82 Å². The Hall–Kier alpha value is -0.680. The van der Waals surface area contributed by atoms with Gasteiger partial charge in [-0.05, 0) is 20.3 Å². The number of hydrogen-bond acceptors (Lipinski definition) is 5. The van der Waals surface area contributed by atoms with Crippen molar-refractivity contribution in [2.24, 2.45) is 0 Å². The standard InChI is InChI=1S/C8H13N3OS/c1-6-9-7(13-10-6)11-4-3-8(2,12)5-11/h12H,3-5H2,1-2H3. The molecule has 2 rings (SSSR count). The van der Waals surface area contributed by atoms with Crippen molar-refractivity contribution in [3.05, 3.63) is 5.82 Å². The zero-order valence-electron chi connectivity index (χ0n) is 7.82. The van der Waals surface area contributed by atoms with Crippen molar-refractivity contribution in [2.45, 2.75) is 25.9 Å². The molecule has 1 saturated heterocycles. The third kappa shape index (κ3) is 1.81. The highest BCUT2D eigenvalue weighted by Crippen LogP contribution is 2.27. The number of aliphatic hydroxyl groups is 1. The largest absolute Gasteiger partial charge is 0.388 e.